The first-order valence-electron chi connectivity index (χ1n) is 9.51. The van der Waals surface area contributed by atoms with Gasteiger partial charge in [0, 0.05) is 22.9 Å². The molecule has 7 heteroatoms. The minimum atomic E-state index is -0.111. The number of hydrogen-bond acceptors (Lipinski definition) is 4. The van der Waals surface area contributed by atoms with Crippen LogP contribution in [0.15, 0.2) is 39.9 Å². The van der Waals surface area contributed by atoms with Crippen LogP contribution >= 0.6 is 27.3 Å². The zero-order valence-electron chi connectivity index (χ0n) is 15.8. The van der Waals surface area contributed by atoms with E-state index < -0.39 is 0 Å². The van der Waals surface area contributed by atoms with Gasteiger partial charge in [-0.05, 0) is 42.9 Å². The second-order valence-corrected chi connectivity index (χ2v) is 9.20. The van der Waals surface area contributed by atoms with E-state index in [0.717, 1.165) is 39.5 Å². The van der Waals surface area contributed by atoms with Gasteiger partial charge in [-0.3, -0.25) is 14.2 Å². The van der Waals surface area contributed by atoms with E-state index in [2.05, 4.69) is 20.9 Å². The van der Waals surface area contributed by atoms with E-state index in [1.165, 1.54) is 34.2 Å². The predicted octanol–water partition coefficient (Wildman–Crippen LogP) is 4.15. The van der Waals surface area contributed by atoms with Crippen molar-refractivity contribution >= 4 is 43.4 Å². The number of aromatic nitrogens is 2. The molecule has 0 aliphatic heterocycles. The highest BCUT2D eigenvalue weighted by Gasteiger charge is 2.20. The monoisotopic (exact) mass is 459 g/mol. The SMILES string of the molecule is CN(Cc1ccccc1Br)C(=O)Cn1cnc2sc3c(c2c1=O)CCCCC3. The van der Waals surface area contributed by atoms with Gasteiger partial charge in [0.25, 0.3) is 5.56 Å². The minimum absolute atomic E-state index is 0.00729. The number of thiophene rings is 1. The van der Waals surface area contributed by atoms with Gasteiger partial charge < -0.3 is 4.90 Å². The summed E-state index contributed by atoms with van der Waals surface area (Å²) >= 11 is 5.15. The molecule has 0 saturated carbocycles. The zero-order chi connectivity index (χ0) is 19.7. The summed E-state index contributed by atoms with van der Waals surface area (Å²) in [5, 5.41) is 0.727. The lowest BCUT2D eigenvalue weighted by atomic mass is 10.1. The third-order valence-electron chi connectivity index (χ3n) is 5.29. The van der Waals surface area contributed by atoms with E-state index in [9.17, 15) is 9.59 Å². The lowest BCUT2D eigenvalue weighted by Crippen LogP contribution is -2.33. The highest BCUT2D eigenvalue weighted by molar-refractivity contribution is 9.10. The fourth-order valence-electron chi connectivity index (χ4n) is 3.71. The number of rotatable bonds is 4. The van der Waals surface area contributed by atoms with Crippen LogP contribution in [-0.2, 0) is 30.7 Å². The molecule has 2 aromatic heterocycles. The standard InChI is InChI=1S/C21H22BrN3O2S/c1-24(11-14-7-5-6-9-16(14)22)18(26)12-25-13-23-20-19(21(25)27)15-8-3-2-4-10-17(15)28-20/h5-7,9,13H,2-4,8,10-12H2,1H3. The molecule has 28 heavy (non-hydrogen) atoms. The number of likely N-dealkylation sites (N-methyl/N-ethyl adjacent to an activating group) is 1. The quantitative estimate of drug-likeness (QED) is 0.550. The molecule has 5 nitrogen and oxygen atoms in total. The van der Waals surface area contributed by atoms with Crippen LogP contribution in [-0.4, -0.2) is 27.4 Å². The summed E-state index contributed by atoms with van der Waals surface area (Å²) in [5.41, 5.74) is 2.10. The van der Waals surface area contributed by atoms with Gasteiger partial charge in [-0.15, -0.1) is 11.3 Å². The Morgan fingerprint density at radius 1 is 1.25 bits per heavy atom. The van der Waals surface area contributed by atoms with Crippen molar-refractivity contribution in [2.45, 2.75) is 45.2 Å². The van der Waals surface area contributed by atoms with E-state index in [1.54, 1.807) is 23.3 Å². The minimum Gasteiger partial charge on any atom is -0.340 e. The van der Waals surface area contributed by atoms with Crippen molar-refractivity contribution in [2.24, 2.45) is 0 Å². The van der Waals surface area contributed by atoms with Gasteiger partial charge in [-0.25, -0.2) is 4.98 Å². The topological polar surface area (TPSA) is 55.2 Å². The molecular formula is C21H22BrN3O2S. The van der Waals surface area contributed by atoms with Crippen LogP contribution in [0, 0.1) is 0 Å². The highest BCUT2D eigenvalue weighted by Crippen LogP contribution is 2.32. The summed E-state index contributed by atoms with van der Waals surface area (Å²) in [5.74, 6) is -0.111. The maximum Gasteiger partial charge on any atom is 0.262 e. The molecular weight excluding hydrogens is 438 g/mol. The molecule has 1 amide bonds. The van der Waals surface area contributed by atoms with Crippen LogP contribution in [0.1, 0.15) is 35.3 Å². The molecule has 1 aliphatic rings. The lowest BCUT2D eigenvalue weighted by molar-refractivity contribution is -0.131. The Labute approximate surface area is 176 Å². The maximum atomic E-state index is 13.1. The number of benzene rings is 1. The largest absolute Gasteiger partial charge is 0.340 e. The smallest absolute Gasteiger partial charge is 0.262 e. The first-order chi connectivity index (χ1) is 13.5. The van der Waals surface area contributed by atoms with Gasteiger partial charge in [0.1, 0.15) is 11.4 Å². The summed E-state index contributed by atoms with van der Waals surface area (Å²) < 4.78 is 2.43. The highest BCUT2D eigenvalue weighted by atomic mass is 79.9. The van der Waals surface area contributed by atoms with E-state index in [4.69, 9.17) is 0 Å². The second-order valence-electron chi connectivity index (χ2n) is 7.26. The Hall–Kier alpha value is -1.99. The molecule has 2 heterocycles. The fourth-order valence-corrected chi connectivity index (χ4v) is 5.34. The molecule has 3 aromatic rings. The molecule has 0 atom stereocenters. The van der Waals surface area contributed by atoms with Gasteiger partial charge in [0.15, 0.2) is 0 Å². The van der Waals surface area contributed by atoms with Gasteiger partial charge in [0.05, 0.1) is 11.7 Å². The Morgan fingerprint density at radius 3 is 2.86 bits per heavy atom. The predicted molar refractivity (Wildman–Crippen MR) is 116 cm³/mol. The van der Waals surface area contributed by atoms with Crippen LogP contribution < -0.4 is 5.56 Å². The number of carbonyl (C=O) groups is 1. The van der Waals surface area contributed by atoms with Crippen LogP contribution in [0.25, 0.3) is 10.2 Å². The molecule has 1 aromatic carbocycles. The number of hydrogen-bond donors (Lipinski definition) is 0. The summed E-state index contributed by atoms with van der Waals surface area (Å²) in [6.45, 7) is 0.492. The number of carbonyl (C=O) groups excluding carboxylic acids is 1. The van der Waals surface area contributed by atoms with Crippen molar-refractivity contribution in [3.8, 4) is 0 Å². The van der Waals surface area contributed by atoms with E-state index in [1.807, 2.05) is 24.3 Å². The Morgan fingerprint density at radius 2 is 2.04 bits per heavy atom. The normalized spacial score (nSPS) is 13.9. The Balaban J connectivity index is 1.58. The maximum absolute atomic E-state index is 13.1. The number of fused-ring (bicyclic) bond motifs is 3. The zero-order valence-corrected chi connectivity index (χ0v) is 18.2. The van der Waals surface area contributed by atoms with Crippen molar-refractivity contribution in [1.29, 1.82) is 0 Å². The van der Waals surface area contributed by atoms with Crippen molar-refractivity contribution in [3.05, 3.63) is 61.4 Å². The van der Waals surface area contributed by atoms with Gasteiger partial charge in [-0.1, -0.05) is 40.5 Å². The van der Waals surface area contributed by atoms with Gasteiger partial charge in [0.2, 0.25) is 5.91 Å². The van der Waals surface area contributed by atoms with Gasteiger partial charge in [-0.2, -0.15) is 0 Å². The molecule has 4 rings (SSSR count). The number of nitrogens with zero attached hydrogens (tertiary/aromatic N) is 3. The molecule has 0 N–H and O–H groups in total. The molecule has 0 fully saturated rings. The fraction of sp³-hybridized carbons (Fsp3) is 0.381. The number of amides is 1. The van der Waals surface area contributed by atoms with Crippen LogP contribution in [0.3, 0.4) is 0 Å². The van der Waals surface area contributed by atoms with Crippen molar-refractivity contribution in [3.63, 3.8) is 0 Å². The van der Waals surface area contributed by atoms with Crippen LogP contribution in [0.2, 0.25) is 0 Å². The summed E-state index contributed by atoms with van der Waals surface area (Å²) in [6, 6.07) is 7.83. The molecule has 146 valence electrons. The third kappa shape index (κ3) is 3.78. The third-order valence-corrected chi connectivity index (χ3v) is 7.26. The average Bonchev–Trinajstić information content (AvgIpc) is 2.88. The molecule has 0 unspecified atom stereocenters. The Bertz CT molecular complexity index is 1090. The number of halogens is 1. The van der Waals surface area contributed by atoms with E-state index >= 15 is 0 Å². The van der Waals surface area contributed by atoms with E-state index in [0.29, 0.717) is 6.54 Å². The molecule has 0 spiro atoms. The van der Waals surface area contributed by atoms with Crippen molar-refractivity contribution < 1.29 is 4.79 Å². The first kappa shape index (κ1) is 19.3. The van der Waals surface area contributed by atoms with Gasteiger partial charge >= 0.3 is 0 Å². The molecule has 0 bridgehead atoms. The molecule has 0 radical (unpaired) electrons. The van der Waals surface area contributed by atoms with Crippen molar-refractivity contribution in [2.75, 3.05) is 7.05 Å². The molecule has 0 saturated heterocycles. The summed E-state index contributed by atoms with van der Waals surface area (Å²) in [7, 11) is 1.76. The van der Waals surface area contributed by atoms with Crippen LogP contribution in [0.4, 0.5) is 0 Å². The lowest BCUT2D eigenvalue weighted by Gasteiger charge is -2.18. The Kier molecular flexibility index (Phi) is 5.64. The first-order valence-corrected chi connectivity index (χ1v) is 11.1. The van der Waals surface area contributed by atoms with Crippen LogP contribution in [0.5, 0.6) is 0 Å². The van der Waals surface area contributed by atoms with Crippen molar-refractivity contribution in [1.82, 2.24) is 14.5 Å². The number of aryl methyl sites for hydroxylation is 2. The summed E-state index contributed by atoms with van der Waals surface area (Å²) in [6.07, 6.45) is 6.98. The second kappa shape index (κ2) is 8.17. The summed E-state index contributed by atoms with van der Waals surface area (Å²) in [4.78, 5) is 34.1. The van der Waals surface area contributed by atoms with E-state index in [-0.39, 0.29) is 18.0 Å². The average molecular weight is 460 g/mol. The molecule has 1 aliphatic carbocycles.